The van der Waals surface area contributed by atoms with Gasteiger partial charge in [0.15, 0.2) is 5.16 Å². The molecular weight excluding hydrogens is 326 g/mol. The van der Waals surface area contributed by atoms with Crippen LogP contribution in [0.5, 0.6) is 0 Å². The highest BCUT2D eigenvalue weighted by Gasteiger charge is 2.31. The number of primary amides is 1. The number of aromatic nitrogens is 3. The van der Waals surface area contributed by atoms with E-state index in [1.165, 1.54) is 11.8 Å². The maximum atomic E-state index is 12.4. The number of thioether (sulfide) groups is 1. The second-order valence-electron chi connectivity index (χ2n) is 6.97. The molecule has 1 aliphatic carbocycles. The molecule has 1 aromatic heterocycles. The van der Waals surface area contributed by atoms with E-state index in [-0.39, 0.29) is 29.0 Å². The predicted molar refractivity (Wildman–Crippen MR) is 93.6 cm³/mol. The van der Waals surface area contributed by atoms with Gasteiger partial charge in [0.05, 0.1) is 5.25 Å². The molecule has 0 saturated heterocycles. The molecule has 134 valence electrons. The molecule has 1 fully saturated rings. The van der Waals surface area contributed by atoms with E-state index < -0.39 is 0 Å². The summed E-state index contributed by atoms with van der Waals surface area (Å²) in [5.41, 5.74) is 5.04. The SMILES string of the molecule is CCC(C)(C)NC(=O)C(C)Sc1nnc(C2CC2)n1CCC(N)=O. The molecule has 8 heteroatoms. The van der Waals surface area contributed by atoms with Crippen LogP contribution in [0.1, 0.15) is 65.1 Å². The van der Waals surface area contributed by atoms with Crippen molar-refractivity contribution < 1.29 is 9.59 Å². The van der Waals surface area contributed by atoms with E-state index in [4.69, 9.17) is 5.73 Å². The average molecular weight is 353 g/mol. The summed E-state index contributed by atoms with van der Waals surface area (Å²) in [6.07, 6.45) is 3.30. The minimum absolute atomic E-state index is 0.0238. The lowest BCUT2D eigenvalue weighted by molar-refractivity contribution is -0.122. The third-order valence-corrected chi connectivity index (χ3v) is 5.35. The van der Waals surface area contributed by atoms with Gasteiger partial charge in [-0.1, -0.05) is 18.7 Å². The molecule has 0 bridgehead atoms. The van der Waals surface area contributed by atoms with Gasteiger partial charge in [0.25, 0.3) is 0 Å². The molecule has 1 aromatic rings. The third kappa shape index (κ3) is 4.96. The summed E-state index contributed by atoms with van der Waals surface area (Å²) in [7, 11) is 0. The van der Waals surface area contributed by atoms with E-state index in [1.54, 1.807) is 0 Å². The largest absolute Gasteiger partial charge is 0.370 e. The zero-order valence-corrected chi connectivity index (χ0v) is 15.7. The highest BCUT2D eigenvalue weighted by atomic mass is 32.2. The quantitative estimate of drug-likeness (QED) is 0.659. The summed E-state index contributed by atoms with van der Waals surface area (Å²) in [5.74, 6) is 0.948. The lowest BCUT2D eigenvalue weighted by Crippen LogP contribution is -2.46. The van der Waals surface area contributed by atoms with Crippen LogP contribution in [0.3, 0.4) is 0 Å². The van der Waals surface area contributed by atoms with Gasteiger partial charge in [0, 0.05) is 24.4 Å². The first-order valence-corrected chi connectivity index (χ1v) is 9.31. The summed E-state index contributed by atoms with van der Waals surface area (Å²) < 4.78 is 1.95. The standard InChI is InChI=1S/C16H27N5O2S/c1-5-16(3,4)18-14(23)10(2)24-15-20-19-13(11-6-7-11)21(15)9-8-12(17)22/h10-11H,5-9H2,1-4H3,(H2,17,22)(H,18,23). The van der Waals surface area contributed by atoms with E-state index in [2.05, 4.69) is 15.5 Å². The highest BCUT2D eigenvalue weighted by Crippen LogP contribution is 2.40. The molecule has 1 heterocycles. The van der Waals surface area contributed by atoms with Crippen molar-refractivity contribution in [2.24, 2.45) is 5.73 Å². The van der Waals surface area contributed by atoms with Crippen LogP contribution in [0.15, 0.2) is 5.16 Å². The molecular formula is C16H27N5O2S. The van der Waals surface area contributed by atoms with Gasteiger partial charge in [0.2, 0.25) is 11.8 Å². The predicted octanol–water partition coefficient (Wildman–Crippen LogP) is 1.82. The van der Waals surface area contributed by atoms with Gasteiger partial charge in [-0.3, -0.25) is 9.59 Å². The van der Waals surface area contributed by atoms with Gasteiger partial charge in [-0.25, -0.2) is 0 Å². The second kappa shape index (κ2) is 7.55. The molecule has 1 saturated carbocycles. The van der Waals surface area contributed by atoms with Crippen molar-refractivity contribution in [3.05, 3.63) is 5.82 Å². The Bertz CT molecular complexity index is 610. The molecule has 0 aromatic carbocycles. The van der Waals surface area contributed by atoms with Crippen LogP contribution >= 0.6 is 11.8 Å². The number of nitrogens with zero attached hydrogens (tertiary/aromatic N) is 3. The fraction of sp³-hybridized carbons (Fsp3) is 0.750. The number of nitrogens with two attached hydrogens (primary N) is 1. The van der Waals surface area contributed by atoms with Crippen LogP contribution in [0.2, 0.25) is 0 Å². The van der Waals surface area contributed by atoms with Crippen LogP contribution < -0.4 is 11.1 Å². The monoisotopic (exact) mass is 353 g/mol. The van der Waals surface area contributed by atoms with Crippen molar-refractivity contribution in [1.82, 2.24) is 20.1 Å². The summed E-state index contributed by atoms with van der Waals surface area (Å²) in [4.78, 5) is 23.5. The van der Waals surface area contributed by atoms with E-state index in [0.717, 1.165) is 25.1 Å². The highest BCUT2D eigenvalue weighted by molar-refractivity contribution is 8.00. The average Bonchev–Trinajstić information content (AvgIpc) is 3.27. The van der Waals surface area contributed by atoms with Crippen molar-refractivity contribution in [1.29, 1.82) is 0 Å². The zero-order chi connectivity index (χ0) is 17.9. The van der Waals surface area contributed by atoms with Gasteiger partial charge in [-0.05, 0) is 40.0 Å². The fourth-order valence-corrected chi connectivity index (χ4v) is 3.08. The van der Waals surface area contributed by atoms with E-state index in [0.29, 0.717) is 17.6 Å². The number of rotatable bonds is 9. The maximum Gasteiger partial charge on any atom is 0.233 e. The van der Waals surface area contributed by atoms with Gasteiger partial charge < -0.3 is 15.6 Å². The Balaban J connectivity index is 2.07. The van der Waals surface area contributed by atoms with Crippen molar-refractivity contribution in [3.8, 4) is 0 Å². The van der Waals surface area contributed by atoms with Gasteiger partial charge >= 0.3 is 0 Å². The number of carbonyl (C=O) groups is 2. The Hall–Kier alpha value is -1.57. The molecule has 0 aliphatic heterocycles. The molecule has 1 aliphatic rings. The Morgan fingerprint density at radius 2 is 2.08 bits per heavy atom. The zero-order valence-electron chi connectivity index (χ0n) is 14.8. The smallest absolute Gasteiger partial charge is 0.233 e. The van der Waals surface area contributed by atoms with Crippen LogP contribution in [0.25, 0.3) is 0 Å². The maximum absolute atomic E-state index is 12.4. The molecule has 3 N–H and O–H groups in total. The minimum Gasteiger partial charge on any atom is -0.370 e. The Labute approximate surface area is 147 Å². The number of hydrogen-bond acceptors (Lipinski definition) is 5. The van der Waals surface area contributed by atoms with Crippen LogP contribution in [0, 0.1) is 0 Å². The number of hydrogen-bond donors (Lipinski definition) is 2. The normalized spacial score (nSPS) is 16.0. The Kier molecular flexibility index (Phi) is 5.90. The molecule has 1 atom stereocenters. The van der Waals surface area contributed by atoms with Crippen molar-refractivity contribution in [2.75, 3.05) is 0 Å². The van der Waals surface area contributed by atoms with Crippen molar-refractivity contribution in [2.45, 2.75) is 81.8 Å². The summed E-state index contributed by atoms with van der Waals surface area (Å²) in [5, 5.41) is 11.9. The van der Waals surface area contributed by atoms with E-state index in [9.17, 15) is 9.59 Å². The Morgan fingerprint density at radius 1 is 1.42 bits per heavy atom. The lowest BCUT2D eigenvalue weighted by Gasteiger charge is -2.26. The number of carbonyl (C=O) groups excluding carboxylic acids is 2. The summed E-state index contributed by atoms with van der Waals surface area (Å²) in [6.45, 7) is 8.37. The lowest BCUT2D eigenvalue weighted by atomic mass is 10.0. The minimum atomic E-state index is -0.350. The fourth-order valence-electron chi connectivity index (χ4n) is 2.20. The van der Waals surface area contributed by atoms with Gasteiger partial charge in [-0.2, -0.15) is 0 Å². The van der Waals surface area contributed by atoms with Gasteiger partial charge in [0.1, 0.15) is 5.82 Å². The van der Waals surface area contributed by atoms with Crippen molar-refractivity contribution >= 4 is 23.6 Å². The Morgan fingerprint density at radius 3 is 2.62 bits per heavy atom. The van der Waals surface area contributed by atoms with Crippen molar-refractivity contribution in [3.63, 3.8) is 0 Å². The third-order valence-electron chi connectivity index (χ3n) is 4.27. The van der Waals surface area contributed by atoms with Crippen LogP contribution in [-0.4, -0.2) is 37.4 Å². The van der Waals surface area contributed by atoms with Gasteiger partial charge in [-0.15, -0.1) is 10.2 Å². The molecule has 1 unspecified atom stereocenters. The molecule has 24 heavy (non-hydrogen) atoms. The molecule has 0 radical (unpaired) electrons. The summed E-state index contributed by atoms with van der Waals surface area (Å²) in [6, 6.07) is 0. The van der Waals surface area contributed by atoms with Crippen LogP contribution in [-0.2, 0) is 16.1 Å². The molecule has 0 spiro atoms. The van der Waals surface area contributed by atoms with Crippen LogP contribution in [0.4, 0.5) is 0 Å². The van der Waals surface area contributed by atoms with E-state index in [1.807, 2.05) is 32.3 Å². The first-order chi connectivity index (χ1) is 11.2. The number of amides is 2. The molecule has 2 rings (SSSR count). The number of nitrogens with one attached hydrogen (secondary N) is 1. The second-order valence-corrected chi connectivity index (χ2v) is 8.28. The first-order valence-electron chi connectivity index (χ1n) is 8.43. The topological polar surface area (TPSA) is 103 Å². The van der Waals surface area contributed by atoms with E-state index >= 15 is 0 Å². The molecule has 7 nitrogen and oxygen atoms in total. The molecule has 2 amide bonds. The summed E-state index contributed by atoms with van der Waals surface area (Å²) >= 11 is 1.37. The first kappa shape index (κ1) is 18.8.